The molecule has 9 heteroatoms. The van der Waals surface area contributed by atoms with Crippen molar-refractivity contribution in [1.82, 2.24) is 15.1 Å². The summed E-state index contributed by atoms with van der Waals surface area (Å²) in [6.45, 7) is 7.20. The van der Waals surface area contributed by atoms with Gasteiger partial charge in [-0.2, -0.15) is 0 Å². The number of guanidine groups is 1. The Labute approximate surface area is 198 Å². The molecule has 3 rings (SSSR count). The van der Waals surface area contributed by atoms with Gasteiger partial charge in [0.2, 0.25) is 0 Å². The van der Waals surface area contributed by atoms with Crippen molar-refractivity contribution in [2.45, 2.75) is 19.3 Å². The van der Waals surface area contributed by atoms with Crippen molar-refractivity contribution in [3.63, 3.8) is 0 Å². The zero-order valence-electron chi connectivity index (χ0n) is 17.3. The molecule has 0 bridgehead atoms. The summed E-state index contributed by atoms with van der Waals surface area (Å²) in [5.41, 5.74) is 0.551. The van der Waals surface area contributed by atoms with E-state index in [1.54, 1.807) is 30.1 Å². The molecule has 1 aliphatic rings. The maximum atomic E-state index is 13.4. The van der Waals surface area contributed by atoms with Crippen LogP contribution in [0.3, 0.4) is 0 Å². The Bertz CT molecular complexity index is 881. The normalized spacial score (nSPS) is 15.0. The Morgan fingerprint density at radius 1 is 1.23 bits per heavy atom. The Morgan fingerprint density at radius 2 is 1.90 bits per heavy atom. The van der Waals surface area contributed by atoms with Gasteiger partial charge < -0.3 is 19.5 Å². The highest BCUT2D eigenvalue weighted by Gasteiger charge is 2.28. The number of rotatable bonds is 4. The lowest BCUT2D eigenvalue weighted by Gasteiger charge is -2.37. The van der Waals surface area contributed by atoms with E-state index in [4.69, 9.17) is 16.0 Å². The molecule has 1 aliphatic heterocycles. The quantitative estimate of drug-likeness (QED) is 0.357. The lowest BCUT2D eigenvalue weighted by atomic mass is 9.84. The van der Waals surface area contributed by atoms with Crippen LogP contribution in [0.25, 0.3) is 0 Å². The summed E-state index contributed by atoms with van der Waals surface area (Å²) < 4.78 is 18.6. The molecule has 164 valence electrons. The number of hydrogen-bond acceptors (Lipinski definition) is 3. The topological polar surface area (TPSA) is 61.1 Å². The van der Waals surface area contributed by atoms with Gasteiger partial charge in [-0.05, 0) is 29.8 Å². The number of nitrogens with zero attached hydrogens (tertiary/aromatic N) is 3. The molecule has 0 atom stereocenters. The minimum Gasteiger partial charge on any atom is -0.459 e. The van der Waals surface area contributed by atoms with Gasteiger partial charge in [0.25, 0.3) is 5.91 Å². The fourth-order valence-corrected chi connectivity index (χ4v) is 3.87. The summed E-state index contributed by atoms with van der Waals surface area (Å²) in [6, 6.07) is 7.87. The fraction of sp³-hybridized carbons (Fsp3) is 0.429. The number of amides is 1. The summed E-state index contributed by atoms with van der Waals surface area (Å²) in [6.07, 6.45) is 1.50. The first-order valence-electron chi connectivity index (χ1n) is 9.56. The molecule has 2 aromatic rings. The third-order valence-electron chi connectivity index (χ3n) is 5.16. The van der Waals surface area contributed by atoms with Gasteiger partial charge in [0, 0.05) is 50.2 Å². The second kappa shape index (κ2) is 10.5. The molecule has 1 saturated heterocycles. The average Bonchev–Trinajstić information content (AvgIpc) is 3.23. The van der Waals surface area contributed by atoms with E-state index in [1.807, 2.05) is 13.8 Å². The number of halogens is 3. The smallest absolute Gasteiger partial charge is 0.289 e. The van der Waals surface area contributed by atoms with E-state index in [0.29, 0.717) is 43.5 Å². The number of aliphatic imine (C=N–C) groups is 1. The number of furan rings is 1. The highest BCUT2D eigenvalue weighted by atomic mass is 127. The molecule has 1 N–H and O–H groups in total. The van der Waals surface area contributed by atoms with Crippen LogP contribution in [0, 0.1) is 5.82 Å². The third-order valence-corrected chi connectivity index (χ3v) is 5.47. The van der Waals surface area contributed by atoms with Gasteiger partial charge in [-0.15, -0.1) is 24.0 Å². The number of hydrogen-bond donors (Lipinski definition) is 1. The van der Waals surface area contributed by atoms with Crippen molar-refractivity contribution in [3.05, 3.63) is 58.8 Å². The number of nitrogens with one attached hydrogen (secondary N) is 1. The summed E-state index contributed by atoms with van der Waals surface area (Å²) in [7, 11) is 1.74. The Kier molecular flexibility index (Phi) is 8.54. The van der Waals surface area contributed by atoms with Gasteiger partial charge in [-0.1, -0.05) is 31.5 Å². The van der Waals surface area contributed by atoms with E-state index >= 15 is 0 Å². The molecular weight excluding hydrogens is 522 g/mol. The van der Waals surface area contributed by atoms with Crippen LogP contribution in [0.2, 0.25) is 5.02 Å². The number of carbonyl (C=O) groups is 1. The van der Waals surface area contributed by atoms with E-state index in [0.717, 1.165) is 11.5 Å². The maximum Gasteiger partial charge on any atom is 0.289 e. The summed E-state index contributed by atoms with van der Waals surface area (Å²) in [5.74, 6) is 0.685. The molecule has 0 radical (unpaired) electrons. The first-order valence-corrected chi connectivity index (χ1v) is 9.93. The molecule has 1 aromatic carbocycles. The van der Waals surface area contributed by atoms with Crippen LogP contribution in [-0.4, -0.2) is 61.4 Å². The van der Waals surface area contributed by atoms with Crippen LogP contribution in [-0.2, 0) is 5.41 Å². The lowest BCUT2D eigenvalue weighted by molar-refractivity contribution is 0.0657. The van der Waals surface area contributed by atoms with Crippen molar-refractivity contribution >= 4 is 47.4 Å². The minimum atomic E-state index is -0.347. The molecule has 1 fully saturated rings. The van der Waals surface area contributed by atoms with Gasteiger partial charge in [0.1, 0.15) is 5.82 Å². The van der Waals surface area contributed by atoms with Gasteiger partial charge in [0.15, 0.2) is 11.7 Å². The summed E-state index contributed by atoms with van der Waals surface area (Å²) >= 11 is 6.25. The maximum absolute atomic E-state index is 13.4. The van der Waals surface area contributed by atoms with E-state index in [9.17, 15) is 9.18 Å². The predicted molar refractivity (Wildman–Crippen MR) is 127 cm³/mol. The molecule has 0 spiro atoms. The van der Waals surface area contributed by atoms with Crippen molar-refractivity contribution in [1.29, 1.82) is 0 Å². The van der Waals surface area contributed by atoms with Crippen LogP contribution < -0.4 is 5.32 Å². The van der Waals surface area contributed by atoms with Gasteiger partial charge in [-0.3, -0.25) is 9.79 Å². The highest BCUT2D eigenvalue weighted by Crippen LogP contribution is 2.30. The second-order valence-electron chi connectivity index (χ2n) is 7.67. The first kappa shape index (κ1) is 24.5. The zero-order valence-corrected chi connectivity index (χ0v) is 20.4. The Hall–Kier alpha value is -1.81. The largest absolute Gasteiger partial charge is 0.459 e. The van der Waals surface area contributed by atoms with Gasteiger partial charge >= 0.3 is 0 Å². The number of piperazine rings is 1. The van der Waals surface area contributed by atoms with E-state index in [1.165, 1.54) is 18.4 Å². The van der Waals surface area contributed by atoms with Gasteiger partial charge in [0.05, 0.1) is 6.26 Å². The molecule has 1 aromatic heterocycles. The first-order chi connectivity index (χ1) is 13.8. The molecule has 2 heterocycles. The standard InChI is InChI=1S/C21H26ClFN4O2.HI/c1-21(2,16-7-6-15(23)13-17(16)22)14-25-20(24-3)27-10-8-26(9-11-27)19(28)18-5-4-12-29-18;/h4-7,12-13H,8-11,14H2,1-3H3,(H,24,25);1H. The average molecular weight is 549 g/mol. The molecular formula is C21H27ClFIN4O2. The third kappa shape index (κ3) is 5.66. The second-order valence-corrected chi connectivity index (χ2v) is 8.07. The lowest BCUT2D eigenvalue weighted by Crippen LogP contribution is -2.54. The van der Waals surface area contributed by atoms with Crippen LogP contribution in [0.5, 0.6) is 0 Å². The van der Waals surface area contributed by atoms with Crippen LogP contribution in [0.15, 0.2) is 46.0 Å². The van der Waals surface area contributed by atoms with E-state index in [-0.39, 0.29) is 41.1 Å². The van der Waals surface area contributed by atoms with Crippen LogP contribution in [0.1, 0.15) is 30.0 Å². The molecule has 0 unspecified atom stereocenters. The van der Waals surface area contributed by atoms with Gasteiger partial charge in [-0.25, -0.2) is 4.39 Å². The Balaban J connectivity index is 0.00000320. The minimum absolute atomic E-state index is 0. The summed E-state index contributed by atoms with van der Waals surface area (Å²) in [5, 5.41) is 3.81. The molecule has 30 heavy (non-hydrogen) atoms. The molecule has 0 aliphatic carbocycles. The molecule has 6 nitrogen and oxygen atoms in total. The van der Waals surface area contributed by atoms with Crippen molar-refractivity contribution in [2.24, 2.45) is 4.99 Å². The van der Waals surface area contributed by atoms with Crippen LogP contribution >= 0.6 is 35.6 Å². The SMILES string of the molecule is CN=C(NCC(C)(C)c1ccc(F)cc1Cl)N1CCN(C(=O)c2ccco2)CC1.I. The van der Waals surface area contributed by atoms with Crippen molar-refractivity contribution in [2.75, 3.05) is 39.8 Å². The number of benzene rings is 1. The van der Waals surface area contributed by atoms with E-state index < -0.39 is 0 Å². The molecule has 1 amide bonds. The fourth-order valence-electron chi connectivity index (χ4n) is 3.44. The highest BCUT2D eigenvalue weighted by molar-refractivity contribution is 14.0. The zero-order chi connectivity index (χ0) is 21.0. The molecule has 0 saturated carbocycles. The monoisotopic (exact) mass is 548 g/mol. The Morgan fingerprint density at radius 3 is 2.47 bits per heavy atom. The number of carbonyl (C=O) groups excluding carboxylic acids is 1. The van der Waals surface area contributed by atoms with Crippen molar-refractivity contribution in [3.8, 4) is 0 Å². The summed E-state index contributed by atoms with van der Waals surface area (Å²) in [4.78, 5) is 20.7. The predicted octanol–water partition coefficient (Wildman–Crippen LogP) is 4.00. The van der Waals surface area contributed by atoms with Crippen molar-refractivity contribution < 1.29 is 13.6 Å². The van der Waals surface area contributed by atoms with Crippen LogP contribution in [0.4, 0.5) is 4.39 Å². The van der Waals surface area contributed by atoms with E-state index in [2.05, 4.69) is 15.2 Å².